The molecule has 0 saturated carbocycles. The van der Waals surface area contributed by atoms with Gasteiger partial charge in [-0.2, -0.15) is 0 Å². The monoisotopic (exact) mass is 615 g/mol. The van der Waals surface area contributed by atoms with Crippen LogP contribution in [0.2, 0.25) is 0 Å². The van der Waals surface area contributed by atoms with Crippen molar-refractivity contribution < 1.29 is 27.4 Å². The van der Waals surface area contributed by atoms with Crippen LogP contribution in [0.3, 0.4) is 0 Å². The SMILES string of the molecule is COc1cccc(OC)c1-n1c(CS(=O)(=O)[C@@H](C)[C@H](OC)c2ncc(C)cn2)nnc1-c1ccc(Oc2ccccc2)cc1. The third-order valence-electron chi connectivity index (χ3n) is 7.08. The topological polar surface area (TPSA) is 128 Å². The Labute approximate surface area is 256 Å². The van der Waals surface area contributed by atoms with Crippen LogP contribution < -0.4 is 14.2 Å². The van der Waals surface area contributed by atoms with Crippen LogP contribution in [0.1, 0.15) is 30.2 Å². The van der Waals surface area contributed by atoms with Crippen molar-refractivity contribution in [2.24, 2.45) is 0 Å². The van der Waals surface area contributed by atoms with Gasteiger partial charge in [-0.3, -0.25) is 4.57 Å². The minimum Gasteiger partial charge on any atom is -0.494 e. The first-order valence-corrected chi connectivity index (χ1v) is 15.5. The Morgan fingerprint density at radius 2 is 1.41 bits per heavy atom. The van der Waals surface area contributed by atoms with Gasteiger partial charge in [0.25, 0.3) is 0 Å². The molecule has 5 rings (SSSR count). The fraction of sp³-hybridized carbons (Fsp3) is 0.250. The van der Waals surface area contributed by atoms with Crippen LogP contribution in [0.4, 0.5) is 0 Å². The van der Waals surface area contributed by atoms with Crippen LogP contribution in [0.25, 0.3) is 17.1 Å². The van der Waals surface area contributed by atoms with E-state index in [1.54, 1.807) is 42.1 Å². The van der Waals surface area contributed by atoms with Crippen LogP contribution in [-0.2, 0) is 20.3 Å². The number of methoxy groups -OCH3 is 3. The average molecular weight is 616 g/mol. The molecule has 2 atom stereocenters. The zero-order valence-electron chi connectivity index (χ0n) is 25.0. The lowest BCUT2D eigenvalue weighted by atomic mass is 10.2. The van der Waals surface area contributed by atoms with Crippen molar-refractivity contribution in [2.75, 3.05) is 21.3 Å². The summed E-state index contributed by atoms with van der Waals surface area (Å²) in [4.78, 5) is 8.60. The van der Waals surface area contributed by atoms with Crippen LogP contribution in [0.5, 0.6) is 23.0 Å². The smallest absolute Gasteiger partial charge is 0.168 e. The van der Waals surface area contributed by atoms with E-state index in [1.807, 2.05) is 61.5 Å². The molecule has 0 aliphatic rings. The number of hydrogen-bond acceptors (Lipinski definition) is 10. The van der Waals surface area contributed by atoms with E-state index in [0.717, 1.165) is 5.56 Å². The van der Waals surface area contributed by atoms with Crippen molar-refractivity contribution in [3.8, 4) is 40.1 Å². The quantitative estimate of drug-likeness (QED) is 0.177. The van der Waals surface area contributed by atoms with Gasteiger partial charge < -0.3 is 18.9 Å². The molecule has 0 fully saturated rings. The number of para-hydroxylation sites is 2. The number of ether oxygens (including phenoxy) is 4. The second-order valence-corrected chi connectivity index (χ2v) is 12.4. The Morgan fingerprint density at radius 3 is 2.00 bits per heavy atom. The molecule has 0 amide bonds. The van der Waals surface area contributed by atoms with Crippen molar-refractivity contribution in [2.45, 2.75) is 31.0 Å². The van der Waals surface area contributed by atoms with Crippen molar-refractivity contribution in [1.82, 2.24) is 24.7 Å². The Hall–Kier alpha value is -4.81. The minimum atomic E-state index is -3.89. The Morgan fingerprint density at radius 1 is 0.795 bits per heavy atom. The molecule has 12 heteroatoms. The number of aryl methyl sites for hydroxylation is 1. The van der Waals surface area contributed by atoms with Crippen molar-refractivity contribution in [3.05, 3.63) is 102 Å². The van der Waals surface area contributed by atoms with Gasteiger partial charge in [-0.05, 0) is 67.9 Å². The number of benzene rings is 3. The highest BCUT2D eigenvalue weighted by atomic mass is 32.2. The van der Waals surface area contributed by atoms with E-state index in [2.05, 4.69) is 20.2 Å². The second-order valence-electron chi connectivity index (χ2n) is 10.0. The molecular formula is C32H33N5O6S. The van der Waals surface area contributed by atoms with Crippen molar-refractivity contribution >= 4 is 9.84 Å². The molecule has 2 heterocycles. The number of rotatable bonds is 12. The maximum absolute atomic E-state index is 13.9. The fourth-order valence-corrected chi connectivity index (χ4v) is 6.16. The molecule has 0 bridgehead atoms. The molecule has 0 aliphatic carbocycles. The fourth-order valence-electron chi connectivity index (χ4n) is 4.74. The van der Waals surface area contributed by atoms with Crippen molar-refractivity contribution in [1.29, 1.82) is 0 Å². The normalized spacial score (nSPS) is 12.8. The number of sulfone groups is 1. The molecule has 0 N–H and O–H groups in total. The Bertz CT molecular complexity index is 1790. The summed E-state index contributed by atoms with van der Waals surface area (Å²) in [6.45, 7) is 3.43. The molecule has 0 saturated heterocycles. The summed E-state index contributed by atoms with van der Waals surface area (Å²) in [5, 5.41) is 7.81. The summed E-state index contributed by atoms with van der Waals surface area (Å²) in [6, 6.07) is 22.0. The number of nitrogens with zero attached hydrogens (tertiary/aromatic N) is 5. The molecule has 0 aliphatic heterocycles. The molecule has 11 nitrogen and oxygen atoms in total. The van der Waals surface area contributed by atoms with Gasteiger partial charge >= 0.3 is 0 Å². The summed E-state index contributed by atoms with van der Waals surface area (Å²) in [5.41, 5.74) is 1.99. The summed E-state index contributed by atoms with van der Waals surface area (Å²) in [6.07, 6.45) is 2.36. The molecule has 2 aromatic heterocycles. The molecule has 0 unspecified atom stereocenters. The highest BCUT2D eigenvalue weighted by Crippen LogP contribution is 2.37. The summed E-state index contributed by atoms with van der Waals surface area (Å²) in [7, 11) is 0.601. The van der Waals surface area contributed by atoms with Gasteiger partial charge in [-0.15, -0.1) is 10.2 Å². The summed E-state index contributed by atoms with van der Waals surface area (Å²) in [5.74, 6) is 2.61. The maximum Gasteiger partial charge on any atom is 0.168 e. The van der Waals surface area contributed by atoms with Gasteiger partial charge in [0, 0.05) is 25.1 Å². The average Bonchev–Trinajstić information content (AvgIpc) is 3.44. The van der Waals surface area contributed by atoms with Gasteiger partial charge in [-0.25, -0.2) is 18.4 Å². The van der Waals surface area contributed by atoms with E-state index in [-0.39, 0.29) is 11.6 Å². The van der Waals surface area contributed by atoms with Crippen molar-refractivity contribution in [3.63, 3.8) is 0 Å². The van der Waals surface area contributed by atoms with E-state index in [4.69, 9.17) is 18.9 Å². The lowest BCUT2D eigenvalue weighted by molar-refractivity contribution is 0.0947. The molecular weight excluding hydrogens is 582 g/mol. The predicted molar refractivity (Wildman–Crippen MR) is 165 cm³/mol. The third-order valence-corrected chi connectivity index (χ3v) is 9.12. The van der Waals surface area contributed by atoms with Crippen LogP contribution >= 0.6 is 0 Å². The largest absolute Gasteiger partial charge is 0.494 e. The van der Waals surface area contributed by atoms with Crippen LogP contribution in [0, 0.1) is 6.92 Å². The van der Waals surface area contributed by atoms with Crippen LogP contribution in [-0.4, -0.2) is 59.7 Å². The molecule has 44 heavy (non-hydrogen) atoms. The van der Waals surface area contributed by atoms with E-state index < -0.39 is 26.9 Å². The van der Waals surface area contributed by atoms with Gasteiger partial charge in [-0.1, -0.05) is 24.3 Å². The van der Waals surface area contributed by atoms with Gasteiger partial charge in [0.2, 0.25) is 0 Å². The first kappa shape index (κ1) is 30.6. The van der Waals surface area contributed by atoms with E-state index >= 15 is 0 Å². The third kappa shape index (κ3) is 6.41. The molecule has 228 valence electrons. The maximum atomic E-state index is 13.9. The Balaban J connectivity index is 1.57. The highest BCUT2D eigenvalue weighted by Gasteiger charge is 2.35. The van der Waals surface area contributed by atoms with E-state index in [9.17, 15) is 8.42 Å². The van der Waals surface area contributed by atoms with Gasteiger partial charge in [0.15, 0.2) is 27.3 Å². The number of aromatic nitrogens is 5. The highest BCUT2D eigenvalue weighted by molar-refractivity contribution is 7.91. The summed E-state index contributed by atoms with van der Waals surface area (Å²) >= 11 is 0. The van der Waals surface area contributed by atoms with Gasteiger partial charge in [0.05, 0.1) is 19.5 Å². The van der Waals surface area contributed by atoms with E-state index in [1.165, 1.54) is 21.3 Å². The first-order valence-electron chi connectivity index (χ1n) is 13.8. The predicted octanol–water partition coefficient (Wildman–Crippen LogP) is 5.53. The zero-order chi connectivity index (χ0) is 31.3. The molecule has 3 aromatic carbocycles. The standard InChI is InChI=1S/C32H33N5O6S/c1-21-18-33-31(34-19-21)30(42-5)22(2)44(38,39)20-28-35-36-32(37(28)29-26(40-3)12-9-13-27(29)41-4)23-14-16-25(17-15-23)43-24-10-7-6-8-11-24/h6-19,22,30H,20H2,1-5H3/t22-,30-/m0/s1. The van der Waals surface area contributed by atoms with Gasteiger partial charge in [0.1, 0.15) is 40.5 Å². The first-order chi connectivity index (χ1) is 21.2. The zero-order valence-corrected chi connectivity index (χ0v) is 25.9. The van der Waals surface area contributed by atoms with E-state index in [0.29, 0.717) is 40.1 Å². The molecule has 0 radical (unpaired) electrons. The number of hydrogen-bond donors (Lipinski definition) is 0. The lowest BCUT2D eigenvalue weighted by Crippen LogP contribution is -2.30. The minimum absolute atomic E-state index is 0.166. The summed E-state index contributed by atoms with van der Waals surface area (Å²) < 4.78 is 52.3. The molecule has 0 spiro atoms. The van der Waals surface area contributed by atoms with Crippen LogP contribution in [0.15, 0.2) is 85.2 Å². The molecule has 5 aromatic rings. The lowest BCUT2D eigenvalue weighted by Gasteiger charge is -2.22. The Kier molecular flexibility index (Phi) is 9.21. The second kappa shape index (κ2) is 13.2.